The van der Waals surface area contributed by atoms with Gasteiger partial charge in [0, 0.05) is 19.7 Å². The number of sulfone groups is 1. The van der Waals surface area contributed by atoms with Crippen molar-refractivity contribution in [1.29, 1.82) is 0 Å². The van der Waals surface area contributed by atoms with Gasteiger partial charge in [-0.15, -0.1) is 0 Å². The molecule has 1 atom stereocenters. The van der Waals surface area contributed by atoms with E-state index in [4.69, 9.17) is 4.42 Å². The summed E-state index contributed by atoms with van der Waals surface area (Å²) in [6.07, 6.45) is 1.19. The number of hydrogen-bond acceptors (Lipinski definition) is 6. The fourth-order valence-electron chi connectivity index (χ4n) is 4.34. The van der Waals surface area contributed by atoms with Crippen molar-refractivity contribution >= 4 is 44.2 Å². The second kappa shape index (κ2) is 7.74. The highest BCUT2D eigenvalue weighted by atomic mass is 32.2. The van der Waals surface area contributed by atoms with Crippen LogP contribution in [0.4, 0.5) is 17.4 Å². The summed E-state index contributed by atoms with van der Waals surface area (Å²) < 4.78 is 29.7. The average Bonchev–Trinajstić information content (AvgIpc) is 3.21. The number of oxazole rings is 1. The molecule has 33 heavy (non-hydrogen) atoms. The number of aromatic nitrogens is 1. The van der Waals surface area contributed by atoms with E-state index < -0.39 is 9.84 Å². The van der Waals surface area contributed by atoms with E-state index in [1.54, 1.807) is 36.1 Å². The van der Waals surface area contributed by atoms with E-state index >= 15 is 0 Å². The molecule has 3 aromatic carbocycles. The first-order valence-corrected chi connectivity index (χ1v) is 12.5. The molecule has 1 unspecified atom stereocenters. The first-order chi connectivity index (χ1) is 15.7. The number of carbonyl (C=O) groups is 1. The Kier molecular flexibility index (Phi) is 4.97. The second-order valence-corrected chi connectivity index (χ2v) is 10.3. The molecule has 0 saturated carbocycles. The predicted molar refractivity (Wildman–Crippen MR) is 129 cm³/mol. The summed E-state index contributed by atoms with van der Waals surface area (Å²) in [5, 5.41) is 0. The Morgan fingerprint density at radius 3 is 2.36 bits per heavy atom. The van der Waals surface area contributed by atoms with Gasteiger partial charge >= 0.3 is 6.01 Å². The maximum absolute atomic E-state index is 12.5. The van der Waals surface area contributed by atoms with Gasteiger partial charge in [0.05, 0.1) is 22.3 Å². The summed E-state index contributed by atoms with van der Waals surface area (Å²) in [6, 6.07) is 20.6. The minimum Gasteiger partial charge on any atom is -0.423 e. The van der Waals surface area contributed by atoms with Gasteiger partial charge in [-0.3, -0.25) is 9.69 Å². The molecular formula is C25H23N3O4S. The summed E-state index contributed by atoms with van der Waals surface area (Å²) in [7, 11) is -3.27. The molecule has 1 aromatic heterocycles. The van der Waals surface area contributed by atoms with Gasteiger partial charge in [-0.25, -0.2) is 8.42 Å². The first-order valence-electron chi connectivity index (χ1n) is 10.6. The number of para-hydroxylation sites is 2. The van der Waals surface area contributed by atoms with E-state index in [2.05, 4.69) is 4.98 Å². The van der Waals surface area contributed by atoms with Crippen molar-refractivity contribution < 1.29 is 17.6 Å². The lowest BCUT2D eigenvalue weighted by Gasteiger charge is -2.40. The predicted octanol–water partition coefficient (Wildman–Crippen LogP) is 4.79. The van der Waals surface area contributed by atoms with Gasteiger partial charge < -0.3 is 9.32 Å². The zero-order valence-electron chi connectivity index (χ0n) is 18.5. The number of anilines is 3. The maximum atomic E-state index is 12.5. The number of hydrogen-bond donors (Lipinski definition) is 0. The molecule has 1 aliphatic heterocycles. The van der Waals surface area contributed by atoms with Crippen LogP contribution in [0, 0.1) is 0 Å². The molecule has 4 aromatic rings. The zero-order valence-corrected chi connectivity index (χ0v) is 19.3. The van der Waals surface area contributed by atoms with Crippen LogP contribution in [0.3, 0.4) is 0 Å². The molecule has 0 aliphatic carbocycles. The van der Waals surface area contributed by atoms with Gasteiger partial charge in [0.25, 0.3) is 0 Å². The highest BCUT2D eigenvalue weighted by molar-refractivity contribution is 7.90. The Hall–Kier alpha value is -3.65. The molecule has 5 rings (SSSR count). The Balaban J connectivity index is 1.64. The molecule has 0 radical (unpaired) electrons. The van der Waals surface area contributed by atoms with Gasteiger partial charge in [-0.2, -0.15) is 4.98 Å². The van der Waals surface area contributed by atoms with Crippen LogP contribution in [0.5, 0.6) is 0 Å². The maximum Gasteiger partial charge on any atom is 0.303 e. The topological polar surface area (TPSA) is 83.7 Å². The minimum atomic E-state index is -3.27. The smallest absolute Gasteiger partial charge is 0.303 e. The van der Waals surface area contributed by atoms with Crippen LogP contribution in [0.1, 0.15) is 13.8 Å². The van der Waals surface area contributed by atoms with Crippen LogP contribution in [-0.2, 0) is 14.6 Å². The molecular weight excluding hydrogens is 438 g/mol. The van der Waals surface area contributed by atoms with E-state index in [9.17, 15) is 13.2 Å². The summed E-state index contributed by atoms with van der Waals surface area (Å²) >= 11 is 0. The van der Waals surface area contributed by atoms with Gasteiger partial charge in [-0.1, -0.05) is 30.3 Å². The Morgan fingerprint density at radius 2 is 1.70 bits per heavy atom. The van der Waals surface area contributed by atoms with Gasteiger partial charge in [0.2, 0.25) is 5.91 Å². The summed E-state index contributed by atoms with van der Waals surface area (Å²) in [5.74, 6) is -0.0359. The summed E-state index contributed by atoms with van der Waals surface area (Å²) in [4.78, 5) is 21.2. The standard InChI is InChI=1S/C25H23N3O4S/c1-16-15-27(25-26-21-6-4-5-7-24(21)32-25)23-14-19(10-13-22(23)28(16)17(2)29)18-8-11-20(12-9-18)33(3,30)31/h4-14,16H,15H2,1-3H3. The fraction of sp³-hybridized carbons (Fsp3) is 0.200. The highest BCUT2D eigenvalue weighted by Gasteiger charge is 2.33. The third kappa shape index (κ3) is 3.76. The molecule has 0 N–H and O–H groups in total. The number of amides is 1. The van der Waals surface area contributed by atoms with Crippen molar-refractivity contribution in [3.05, 3.63) is 66.7 Å². The molecule has 0 saturated heterocycles. The van der Waals surface area contributed by atoms with E-state index in [-0.39, 0.29) is 16.8 Å². The van der Waals surface area contributed by atoms with E-state index in [1.165, 1.54) is 6.26 Å². The minimum absolute atomic E-state index is 0.0359. The second-order valence-electron chi connectivity index (χ2n) is 8.31. The number of rotatable bonds is 3. The third-order valence-corrected chi connectivity index (χ3v) is 7.01. The molecule has 2 heterocycles. The van der Waals surface area contributed by atoms with Crippen LogP contribution in [0.15, 0.2) is 76.0 Å². The zero-order chi connectivity index (χ0) is 23.3. The van der Waals surface area contributed by atoms with Crippen LogP contribution >= 0.6 is 0 Å². The number of benzene rings is 3. The monoisotopic (exact) mass is 461 g/mol. The molecule has 0 spiro atoms. The van der Waals surface area contributed by atoms with Crippen LogP contribution in [-0.4, -0.2) is 38.2 Å². The first kappa shape index (κ1) is 21.2. The van der Waals surface area contributed by atoms with Gasteiger partial charge in [0.1, 0.15) is 5.52 Å². The Bertz CT molecular complexity index is 1440. The van der Waals surface area contributed by atoms with E-state index in [1.807, 2.05) is 54.3 Å². The molecule has 168 valence electrons. The van der Waals surface area contributed by atoms with Crippen molar-refractivity contribution in [3.8, 4) is 11.1 Å². The molecule has 1 amide bonds. The lowest BCUT2D eigenvalue weighted by atomic mass is 10.0. The Morgan fingerprint density at radius 1 is 1.00 bits per heavy atom. The van der Waals surface area contributed by atoms with E-state index in [0.29, 0.717) is 18.1 Å². The number of fused-ring (bicyclic) bond motifs is 2. The van der Waals surface area contributed by atoms with Crippen LogP contribution in [0.2, 0.25) is 0 Å². The van der Waals surface area contributed by atoms with E-state index in [0.717, 1.165) is 28.0 Å². The SMILES string of the molecule is CC(=O)N1c2ccc(-c3ccc(S(C)(=O)=O)cc3)cc2N(c2nc3ccccc3o2)CC1C. The molecule has 0 bridgehead atoms. The lowest BCUT2D eigenvalue weighted by Crippen LogP contribution is -2.48. The van der Waals surface area contributed by atoms with Gasteiger partial charge in [-0.05, 0) is 54.4 Å². The average molecular weight is 462 g/mol. The molecule has 0 fully saturated rings. The molecule has 1 aliphatic rings. The molecule has 8 heteroatoms. The number of carbonyl (C=O) groups excluding carboxylic acids is 1. The van der Waals surface area contributed by atoms with Crippen molar-refractivity contribution in [2.45, 2.75) is 24.8 Å². The van der Waals surface area contributed by atoms with Gasteiger partial charge in [0.15, 0.2) is 15.4 Å². The largest absolute Gasteiger partial charge is 0.423 e. The normalized spacial score (nSPS) is 16.2. The summed E-state index contributed by atoms with van der Waals surface area (Å²) in [6.45, 7) is 4.08. The fourth-order valence-corrected chi connectivity index (χ4v) is 4.97. The highest BCUT2D eigenvalue weighted by Crippen LogP contribution is 2.42. The van der Waals surface area contributed by atoms with Crippen molar-refractivity contribution in [1.82, 2.24) is 4.98 Å². The van der Waals surface area contributed by atoms with Crippen molar-refractivity contribution in [3.63, 3.8) is 0 Å². The lowest BCUT2D eigenvalue weighted by molar-refractivity contribution is -0.117. The van der Waals surface area contributed by atoms with Crippen molar-refractivity contribution in [2.24, 2.45) is 0 Å². The summed E-state index contributed by atoms with van der Waals surface area (Å²) in [5.41, 5.74) is 4.81. The third-order valence-electron chi connectivity index (χ3n) is 5.88. The van der Waals surface area contributed by atoms with Crippen LogP contribution < -0.4 is 9.80 Å². The van der Waals surface area contributed by atoms with Crippen molar-refractivity contribution in [2.75, 3.05) is 22.6 Å². The number of nitrogens with zero attached hydrogens (tertiary/aromatic N) is 3. The Labute approximate surface area is 192 Å². The quantitative estimate of drug-likeness (QED) is 0.436. The van der Waals surface area contributed by atoms with Crippen LogP contribution in [0.25, 0.3) is 22.2 Å². The molecule has 7 nitrogen and oxygen atoms in total.